The molecule has 0 bridgehead atoms. The second-order valence-electron chi connectivity index (χ2n) is 5.19. The predicted octanol–water partition coefficient (Wildman–Crippen LogP) is 3.91. The summed E-state index contributed by atoms with van der Waals surface area (Å²) in [5.74, 6) is -1.73. The monoisotopic (exact) mass is 393 g/mol. The first kappa shape index (κ1) is 18.2. The van der Waals surface area contributed by atoms with E-state index in [1.807, 2.05) is 0 Å². The summed E-state index contributed by atoms with van der Waals surface area (Å²) in [5, 5.41) is 8.83. The average Bonchev–Trinajstić information content (AvgIpc) is 3.29. The Hall–Kier alpha value is -2.65. The van der Waals surface area contributed by atoms with Crippen molar-refractivity contribution in [3.05, 3.63) is 57.6 Å². The number of thiazole rings is 1. The summed E-state index contributed by atoms with van der Waals surface area (Å²) < 4.78 is 27.0. The molecule has 0 radical (unpaired) electrons. The first-order valence-corrected chi connectivity index (χ1v) is 9.31. The van der Waals surface area contributed by atoms with Gasteiger partial charge in [-0.2, -0.15) is 0 Å². The molecule has 0 saturated heterocycles. The van der Waals surface area contributed by atoms with E-state index in [2.05, 4.69) is 15.6 Å². The predicted molar refractivity (Wildman–Crippen MR) is 97.4 cm³/mol. The number of anilines is 1. The molecular formula is C17H13F2N3O2S2. The number of nitrogens with one attached hydrogen (secondary N) is 2. The van der Waals surface area contributed by atoms with Gasteiger partial charge in [0.25, 0.3) is 5.91 Å². The summed E-state index contributed by atoms with van der Waals surface area (Å²) in [4.78, 5) is 28.4. The molecule has 3 rings (SSSR count). The fourth-order valence-corrected chi connectivity index (χ4v) is 3.48. The maximum Gasteiger partial charge on any atom is 0.261 e. The Morgan fingerprint density at radius 3 is 2.77 bits per heavy atom. The van der Waals surface area contributed by atoms with E-state index in [1.165, 1.54) is 16.7 Å². The highest BCUT2D eigenvalue weighted by Gasteiger charge is 2.13. The van der Waals surface area contributed by atoms with Crippen LogP contribution in [0.1, 0.15) is 16.1 Å². The van der Waals surface area contributed by atoms with Gasteiger partial charge in [-0.1, -0.05) is 6.07 Å². The van der Waals surface area contributed by atoms with Crippen LogP contribution in [0.3, 0.4) is 0 Å². The number of hydrogen-bond donors (Lipinski definition) is 2. The number of halogens is 2. The van der Waals surface area contributed by atoms with Gasteiger partial charge in [-0.05, 0) is 29.6 Å². The highest BCUT2D eigenvalue weighted by molar-refractivity contribution is 7.14. The van der Waals surface area contributed by atoms with E-state index in [0.717, 1.165) is 29.5 Å². The summed E-state index contributed by atoms with van der Waals surface area (Å²) in [7, 11) is 0. The lowest BCUT2D eigenvalue weighted by atomic mass is 10.1. The molecular weight excluding hydrogens is 380 g/mol. The van der Waals surface area contributed by atoms with Crippen LogP contribution in [0.25, 0.3) is 11.3 Å². The Balaban J connectivity index is 1.53. The van der Waals surface area contributed by atoms with Crippen molar-refractivity contribution in [3.63, 3.8) is 0 Å². The third-order valence-electron chi connectivity index (χ3n) is 3.34. The standard InChI is InChI=1S/C17H13F2N3O2S2/c18-10-3-4-12(19)11(8-10)13-9-26-17(21-13)22-15(23)5-6-20-16(24)14-2-1-7-25-14/h1-4,7-9H,5-6H2,(H,20,24)(H,21,22,23). The van der Waals surface area contributed by atoms with Gasteiger partial charge in [-0.3, -0.25) is 9.59 Å². The molecule has 3 aromatic rings. The zero-order chi connectivity index (χ0) is 18.5. The zero-order valence-corrected chi connectivity index (χ0v) is 14.9. The van der Waals surface area contributed by atoms with E-state index < -0.39 is 11.6 Å². The molecule has 26 heavy (non-hydrogen) atoms. The number of nitrogens with zero attached hydrogens (tertiary/aromatic N) is 1. The quantitative estimate of drug-likeness (QED) is 0.667. The number of benzene rings is 1. The second-order valence-corrected chi connectivity index (χ2v) is 7.00. The molecule has 0 atom stereocenters. The van der Waals surface area contributed by atoms with Crippen LogP contribution in [0.2, 0.25) is 0 Å². The summed E-state index contributed by atoms with van der Waals surface area (Å²) in [6, 6.07) is 6.57. The van der Waals surface area contributed by atoms with Gasteiger partial charge in [0.2, 0.25) is 5.91 Å². The van der Waals surface area contributed by atoms with Gasteiger partial charge < -0.3 is 10.6 Å². The molecule has 2 heterocycles. The molecule has 0 saturated carbocycles. The first-order valence-electron chi connectivity index (χ1n) is 7.55. The number of thiophene rings is 1. The average molecular weight is 393 g/mol. The molecule has 0 spiro atoms. The molecule has 2 amide bonds. The maximum absolute atomic E-state index is 13.8. The van der Waals surface area contributed by atoms with Crippen molar-refractivity contribution in [2.75, 3.05) is 11.9 Å². The smallest absolute Gasteiger partial charge is 0.261 e. The van der Waals surface area contributed by atoms with Crippen molar-refractivity contribution in [1.29, 1.82) is 0 Å². The lowest BCUT2D eigenvalue weighted by Crippen LogP contribution is -2.27. The summed E-state index contributed by atoms with van der Waals surface area (Å²) >= 11 is 2.42. The second kappa shape index (κ2) is 8.15. The molecule has 2 N–H and O–H groups in total. The third kappa shape index (κ3) is 4.50. The normalized spacial score (nSPS) is 10.5. The van der Waals surface area contributed by atoms with Crippen molar-refractivity contribution in [1.82, 2.24) is 10.3 Å². The summed E-state index contributed by atoms with van der Waals surface area (Å²) in [5.41, 5.74) is 0.276. The van der Waals surface area contributed by atoms with Gasteiger partial charge in [0.05, 0.1) is 10.6 Å². The van der Waals surface area contributed by atoms with Gasteiger partial charge in [-0.15, -0.1) is 22.7 Å². The van der Waals surface area contributed by atoms with E-state index in [-0.39, 0.29) is 41.2 Å². The minimum absolute atomic E-state index is 0.0324. The van der Waals surface area contributed by atoms with Crippen molar-refractivity contribution >= 4 is 39.6 Å². The maximum atomic E-state index is 13.8. The van der Waals surface area contributed by atoms with E-state index >= 15 is 0 Å². The molecule has 2 aromatic heterocycles. The minimum Gasteiger partial charge on any atom is -0.351 e. The van der Waals surface area contributed by atoms with Crippen molar-refractivity contribution in [2.24, 2.45) is 0 Å². The van der Waals surface area contributed by atoms with Crippen LogP contribution < -0.4 is 10.6 Å². The topological polar surface area (TPSA) is 71.1 Å². The van der Waals surface area contributed by atoms with E-state index in [0.29, 0.717) is 4.88 Å². The fraction of sp³-hybridized carbons (Fsp3) is 0.118. The minimum atomic E-state index is -0.592. The summed E-state index contributed by atoms with van der Waals surface area (Å²) in [6.07, 6.45) is 0.0698. The Kier molecular flexibility index (Phi) is 5.69. The summed E-state index contributed by atoms with van der Waals surface area (Å²) in [6.45, 7) is 0.180. The molecule has 9 heteroatoms. The molecule has 0 aliphatic carbocycles. The van der Waals surface area contributed by atoms with Gasteiger partial charge in [0.15, 0.2) is 5.13 Å². The van der Waals surface area contributed by atoms with Crippen LogP contribution in [0.15, 0.2) is 41.1 Å². The Morgan fingerprint density at radius 1 is 1.15 bits per heavy atom. The van der Waals surface area contributed by atoms with Crippen molar-refractivity contribution in [3.8, 4) is 11.3 Å². The number of hydrogen-bond acceptors (Lipinski definition) is 5. The highest BCUT2D eigenvalue weighted by Crippen LogP contribution is 2.27. The molecule has 0 aliphatic rings. The molecule has 134 valence electrons. The van der Waals surface area contributed by atoms with Gasteiger partial charge in [0.1, 0.15) is 11.6 Å². The van der Waals surface area contributed by atoms with E-state index in [9.17, 15) is 18.4 Å². The third-order valence-corrected chi connectivity index (χ3v) is 4.96. The van der Waals surface area contributed by atoms with E-state index in [4.69, 9.17) is 0 Å². The van der Waals surface area contributed by atoms with E-state index in [1.54, 1.807) is 17.5 Å². The molecule has 1 aromatic carbocycles. The van der Waals surface area contributed by atoms with Crippen LogP contribution in [-0.4, -0.2) is 23.3 Å². The number of rotatable bonds is 6. The van der Waals surface area contributed by atoms with Crippen LogP contribution in [0.4, 0.5) is 13.9 Å². The van der Waals surface area contributed by atoms with Crippen LogP contribution in [0.5, 0.6) is 0 Å². The molecule has 0 unspecified atom stereocenters. The Bertz CT molecular complexity index is 926. The van der Waals surface area contributed by atoms with Crippen LogP contribution >= 0.6 is 22.7 Å². The Morgan fingerprint density at radius 2 is 2.00 bits per heavy atom. The van der Waals surface area contributed by atoms with Gasteiger partial charge >= 0.3 is 0 Å². The van der Waals surface area contributed by atoms with Crippen LogP contribution in [-0.2, 0) is 4.79 Å². The lowest BCUT2D eigenvalue weighted by molar-refractivity contribution is -0.116. The van der Waals surface area contributed by atoms with Crippen LogP contribution in [0, 0.1) is 11.6 Å². The largest absolute Gasteiger partial charge is 0.351 e. The van der Waals surface area contributed by atoms with Gasteiger partial charge in [0, 0.05) is 23.9 Å². The number of amides is 2. The molecule has 5 nitrogen and oxygen atoms in total. The highest BCUT2D eigenvalue weighted by atomic mass is 32.1. The molecule has 0 fully saturated rings. The van der Waals surface area contributed by atoms with Crippen molar-refractivity contribution < 1.29 is 18.4 Å². The first-order chi connectivity index (χ1) is 12.5. The number of aromatic nitrogens is 1. The van der Waals surface area contributed by atoms with Crippen molar-refractivity contribution in [2.45, 2.75) is 6.42 Å². The Labute approximate surface area is 155 Å². The fourth-order valence-electron chi connectivity index (χ4n) is 2.11. The molecule has 0 aliphatic heterocycles. The van der Waals surface area contributed by atoms with Gasteiger partial charge in [-0.25, -0.2) is 13.8 Å². The zero-order valence-electron chi connectivity index (χ0n) is 13.3. The number of carbonyl (C=O) groups is 2. The SMILES string of the molecule is O=C(CCNC(=O)c1cccs1)Nc1nc(-c2cc(F)ccc2F)cs1. The number of carbonyl (C=O) groups excluding carboxylic acids is 2. The lowest BCUT2D eigenvalue weighted by Gasteiger charge is -2.04.